The van der Waals surface area contributed by atoms with Crippen LogP contribution in [0.4, 0.5) is 0 Å². The Kier molecular flexibility index (Phi) is 0.789. The SMILES string of the molecule is CC1=C[C]=CC1. The highest BCUT2D eigenvalue weighted by molar-refractivity contribution is 5.15. The summed E-state index contributed by atoms with van der Waals surface area (Å²) in [6.07, 6.45) is 8.15. The molecule has 1 aliphatic carbocycles. The summed E-state index contributed by atoms with van der Waals surface area (Å²) in [4.78, 5) is 0. The van der Waals surface area contributed by atoms with Gasteiger partial charge in [0.05, 0.1) is 0 Å². The van der Waals surface area contributed by atoms with Crippen molar-refractivity contribution < 1.29 is 0 Å². The highest BCUT2D eigenvalue weighted by atomic mass is 13.9. The van der Waals surface area contributed by atoms with Crippen LogP contribution < -0.4 is 0 Å². The molecule has 1 radical (unpaired) electrons. The highest BCUT2D eigenvalue weighted by Gasteiger charge is 1.86. The molecule has 0 saturated heterocycles. The van der Waals surface area contributed by atoms with Crippen LogP contribution in [0.5, 0.6) is 0 Å². The fourth-order valence-corrected chi connectivity index (χ4v) is 0.480. The lowest BCUT2D eigenvalue weighted by atomic mass is 10.3. The molecule has 0 heteroatoms. The molecule has 0 aromatic rings. The van der Waals surface area contributed by atoms with Crippen molar-refractivity contribution in [2.45, 2.75) is 13.3 Å². The van der Waals surface area contributed by atoms with E-state index in [1.165, 1.54) is 5.57 Å². The second-order valence-electron chi connectivity index (χ2n) is 1.57. The van der Waals surface area contributed by atoms with Gasteiger partial charge in [0.25, 0.3) is 0 Å². The molecule has 0 aliphatic heterocycles. The molecule has 0 nitrogen and oxygen atoms in total. The molecule has 31 valence electrons. The van der Waals surface area contributed by atoms with Gasteiger partial charge in [0.15, 0.2) is 0 Å². The maximum Gasteiger partial charge on any atom is -0.0129 e. The molecule has 0 bridgehead atoms. The van der Waals surface area contributed by atoms with Gasteiger partial charge in [-0.2, -0.15) is 0 Å². The van der Waals surface area contributed by atoms with Gasteiger partial charge in [-0.05, 0) is 19.4 Å². The van der Waals surface area contributed by atoms with E-state index in [4.69, 9.17) is 0 Å². The highest BCUT2D eigenvalue weighted by Crippen LogP contribution is 2.05. The maximum absolute atomic E-state index is 2.98. The van der Waals surface area contributed by atoms with E-state index in [1.54, 1.807) is 0 Å². The molecular weight excluding hydrogens is 72.1 g/mol. The van der Waals surface area contributed by atoms with Crippen LogP contribution in [0, 0.1) is 6.08 Å². The van der Waals surface area contributed by atoms with Crippen LogP contribution in [0.1, 0.15) is 13.3 Å². The summed E-state index contributed by atoms with van der Waals surface area (Å²) < 4.78 is 0. The fraction of sp³-hybridized carbons (Fsp3) is 0.333. The maximum atomic E-state index is 2.98. The minimum atomic E-state index is 1.11. The van der Waals surface area contributed by atoms with Crippen molar-refractivity contribution >= 4 is 0 Å². The molecule has 0 amide bonds. The molecule has 0 atom stereocenters. The van der Waals surface area contributed by atoms with Crippen LogP contribution in [0.3, 0.4) is 0 Å². The molecule has 0 fully saturated rings. The zero-order valence-electron chi connectivity index (χ0n) is 3.86. The van der Waals surface area contributed by atoms with Crippen molar-refractivity contribution in [3.63, 3.8) is 0 Å². The first kappa shape index (κ1) is 3.66. The van der Waals surface area contributed by atoms with Gasteiger partial charge in [-0.3, -0.25) is 0 Å². The van der Waals surface area contributed by atoms with E-state index in [9.17, 15) is 0 Å². The second-order valence-corrected chi connectivity index (χ2v) is 1.57. The number of rotatable bonds is 0. The first-order valence-electron chi connectivity index (χ1n) is 2.13. The van der Waals surface area contributed by atoms with E-state index >= 15 is 0 Å². The van der Waals surface area contributed by atoms with Crippen LogP contribution in [-0.2, 0) is 0 Å². The van der Waals surface area contributed by atoms with Gasteiger partial charge in [0.1, 0.15) is 0 Å². The molecule has 0 spiro atoms. The molecule has 0 N–H and O–H groups in total. The van der Waals surface area contributed by atoms with Gasteiger partial charge in [0.2, 0.25) is 0 Å². The van der Waals surface area contributed by atoms with Crippen LogP contribution in [0.15, 0.2) is 17.7 Å². The Morgan fingerprint density at radius 1 is 1.83 bits per heavy atom. The number of hydrogen-bond donors (Lipinski definition) is 0. The smallest absolute Gasteiger partial charge is 0.0129 e. The third kappa shape index (κ3) is 0.510. The van der Waals surface area contributed by atoms with Crippen LogP contribution in [0.25, 0.3) is 0 Å². The second kappa shape index (κ2) is 1.29. The average molecular weight is 79.1 g/mol. The van der Waals surface area contributed by atoms with Gasteiger partial charge in [-0.1, -0.05) is 17.7 Å². The van der Waals surface area contributed by atoms with Crippen molar-refractivity contribution in [1.29, 1.82) is 0 Å². The minimum absolute atomic E-state index is 1.11. The molecule has 0 heterocycles. The lowest BCUT2D eigenvalue weighted by molar-refractivity contribution is 1.25. The molecule has 1 aliphatic rings. The van der Waals surface area contributed by atoms with Gasteiger partial charge < -0.3 is 0 Å². The lowest BCUT2D eigenvalue weighted by Crippen LogP contribution is -1.58. The monoisotopic (exact) mass is 79.1 g/mol. The van der Waals surface area contributed by atoms with E-state index in [2.05, 4.69) is 13.0 Å². The van der Waals surface area contributed by atoms with E-state index in [-0.39, 0.29) is 0 Å². The van der Waals surface area contributed by atoms with Gasteiger partial charge in [-0.15, -0.1) is 0 Å². The van der Waals surface area contributed by atoms with E-state index in [0.717, 1.165) is 6.42 Å². The Labute approximate surface area is 38.2 Å². The zero-order chi connectivity index (χ0) is 4.41. The standard InChI is InChI=1S/C6H7/c1-6-4-2-3-5-6/h2,5H,4H2,1H3. The summed E-state index contributed by atoms with van der Waals surface area (Å²) in [7, 11) is 0. The van der Waals surface area contributed by atoms with Gasteiger partial charge in [-0.25, -0.2) is 0 Å². The Bertz CT molecular complexity index is 96.6. The summed E-state index contributed by atoms with van der Waals surface area (Å²) >= 11 is 0. The summed E-state index contributed by atoms with van der Waals surface area (Å²) in [6.45, 7) is 2.11. The van der Waals surface area contributed by atoms with Crippen LogP contribution in [0.2, 0.25) is 0 Å². The Morgan fingerprint density at radius 3 is 2.83 bits per heavy atom. The quantitative estimate of drug-likeness (QED) is 0.414. The lowest BCUT2D eigenvalue weighted by Gasteiger charge is -1.78. The van der Waals surface area contributed by atoms with Crippen LogP contribution in [-0.4, -0.2) is 0 Å². The summed E-state index contributed by atoms with van der Waals surface area (Å²) in [5, 5.41) is 0. The Balaban J connectivity index is 2.61. The Morgan fingerprint density at radius 2 is 2.67 bits per heavy atom. The fourth-order valence-electron chi connectivity index (χ4n) is 0.480. The normalized spacial score (nSPS) is 18.5. The minimum Gasteiger partial charge on any atom is -0.0726 e. The van der Waals surface area contributed by atoms with E-state index in [1.807, 2.05) is 12.2 Å². The average Bonchev–Trinajstić information content (AvgIpc) is 1.86. The number of hydrogen-bond acceptors (Lipinski definition) is 0. The molecule has 0 saturated carbocycles. The van der Waals surface area contributed by atoms with Gasteiger partial charge >= 0.3 is 0 Å². The first-order chi connectivity index (χ1) is 2.89. The molecular formula is C6H7. The third-order valence-corrected chi connectivity index (χ3v) is 0.872. The number of allylic oxidation sites excluding steroid dienone is 4. The molecule has 1 rings (SSSR count). The van der Waals surface area contributed by atoms with E-state index in [0.29, 0.717) is 0 Å². The first-order valence-corrected chi connectivity index (χ1v) is 2.13. The van der Waals surface area contributed by atoms with Crippen molar-refractivity contribution in [2.24, 2.45) is 0 Å². The van der Waals surface area contributed by atoms with Crippen molar-refractivity contribution in [3.05, 3.63) is 23.8 Å². The molecule has 0 unspecified atom stereocenters. The van der Waals surface area contributed by atoms with Crippen LogP contribution >= 0.6 is 0 Å². The third-order valence-electron chi connectivity index (χ3n) is 0.872. The Hall–Kier alpha value is -0.520. The van der Waals surface area contributed by atoms with Crippen molar-refractivity contribution in [1.82, 2.24) is 0 Å². The van der Waals surface area contributed by atoms with Crippen molar-refractivity contribution in [2.75, 3.05) is 0 Å². The van der Waals surface area contributed by atoms with Crippen molar-refractivity contribution in [3.8, 4) is 0 Å². The molecule has 0 aromatic carbocycles. The summed E-state index contributed by atoms with van der Waals surface area (Å²) in [6, 6.07) is 0. The van der Waals surface area contributed by atoms with Gasteiger partial charge in [0, 0.05) is 0 Å². The predicted molar refractivity (Wildman–Crippen MR) is 26.2 cm³/mol. The summed E-state index contributed by atoms with van der Waals surface area (Å²) in [5.74, 6) is 0. The summed E-state index contributed by atoms with van der Waals surface area (Å²) in [5.41, 5.74) is 1.41. The molecule has 6 heavy (non-hydrogen) atoms. The topological polar surface area (TPSA) is 0 Å². The zero-order valence-corrected chi connectivity index (χ0v) is 3.86. The molecule has 0 aromatic heterocycles. The predicted octanol–water partition coefficient (Wildman–Crippen LogP) is 1.70. The van der Waals surface area contributed by atoms with E-state index < -0.39 is 0 Å². The largest absolute Gasteiger partial charge is 0.0726 e.